The van der Waals surface area contributed by atoms with Crippen LogP contribution in [0.3, 0.4) is 0 Å². The maximum absolute atomic E-state index is 13.1. The van der Waals surface area contributed by atoms with E-state index in [9.17, 15) is 8.60 Å². The van der Waals surface area contributed by atoms with Crippen LogP contribution >= 0.6 is 15.9 Å². The van der Waals surface area contributed by atoms with Gasteiger partial charge in [-0.2, -0.15) is 0 Å². The second-order valence-corrected chi connectivity index (χ2v) is 6.76. The Kier molecular flexibility index (Phi) is 5.14. The highest BCUT2D eigenvalue weighted by Gasteiger charge is 2.14. The Hall–Kier alpha value is -0.460. The van der Waals surface area contributed by atoms with Crippen LogP contribution in [0.25, 0.3) is 0 Å². The SMILES string of the molecule is O=S1CCN(CCOc2cc(F)cc(Br)c2)CC1. The van der Waals surface area contributed by atoms with E-state index in [4.69, 9.17) is 4.74 Å². The molecule has 0 radical (unpaired) electrons. The van der Waals surface area contributed by atoms with E-state index in [0.29, 0.717) is 16.8 Å². The van der Waals surface area contributed by atoms with Crippen LogP contribution in [0, 0.1) is 5.82 Å². The minimum absolute atomic E-state index is 0.312. The lowest BCUT2D eigenvalue weighted by molar-refractivity contribution is 0.220. The fourth-order valence-electron chi connectivity index (χ4n) is 1.80. The lowest BCUT2D eigenvalue weighted by Crippen LogP contribution is -2.39. The van der Waals surface area contributed by atoms with Crippen LogP contribution < -0.4 is 4.74 Å². The molecule has 0 spiro atoms. The average Bonchev–Trinajstić information content (AvgIpc) is 2.30. The van der Waals surface area contributed by atoms with E-state index in [1.165, 1.54) is 12.1 Å². The smallest absolute Gasteiger partial charge is 0.128 e. The average molecular weight is 336 g/mol. The van der Waals surface area contributed by atoms with Crippen molar-refractivity contribution < 1.29 is 13.3 Å². The topological polar surface area (TPSA) is 29.5 Å². The molecule has 1 aromatic carbocycles. The van der Waals surface area contributed by atoms with E-state index < -0.39 is 10.8 Å². The lowest BCUT2D eigenvalue weighted by atomic mass is 10.3. The van der Waals surface area contributed by atoms with Crippen LogP contribution in [0.15, 0.2) is 22.7 Å². The van der Waals surface area contributed by atoms with E-state index >= 15 is 0 Å². The molecule has 0 N–H and O–H groups in total. The molecule has 3 nitrogen and oxygen atoms in total. The van der Waals surface area contributed by atoms with Crippen molar-refractivity contribution in [3.63, 3.8) is 0 Å². The van der Waals surface area contributed by atoms with Gasteiger partial charge in [0.1, 0.15) is 18.2 Å². The number of benzene rings is 1. The third-order valence-corrected chi connectivity index (χ3v) is 4.52. The molecule has 0 unspecified atom stereocenters. The van der Waals surface area contributed by atoms with Crippen molar-refractivity contribution >= 4 is 26.7 Å². The summed E-state index contributed by atoms with van der Waals surface area (Å²) in [6.07, 6.45) is 0. The van der Waals surface area contributed by atoms with E-state index in [-0.39, 0.29) is 5.82 Å². The predicted octanol–water partition coefficient (Wildman–Crippen LogP) is 2.03. The highest BCUT2D eigenvalue weighted by atomic mass is 79.9. The molecule has 0 aliphatic carbocycles. The van der Waals surface area contributed by atoms with Crippen LogP contribution in [0.1, 0.15) is 0 Å². The highest BCUT2D eigenvalue weighted by molar-refractivity contribution is 9.10. The zero-order valence-electron chi connectivity index (χ0n) is 9.90. The van der Waals surface area contributed by atoms with Crippen LogP contribution in [-0.4, -0.2) is 46.9 Å². The fourth-order valence-corrected chi connectivity index (χ4v) is 3.38. The molecule has 2 rings (SSSR count). The molecule has 0 amide bonds. The number of hydrogen-bond donors (Lipinski definition) is 0. The Labute approximate surface area is 117 Å². The Balaban J connectivity index is 1.76. The summed E-state index contributed by atoms with van der Waals surface area (Å²) < 4.78 is 30.5. The van der Waals surface area contributed by atoms with E-state index in [0.717, 1.165) is 31.1 Å². The van der Waals surface area contributed by atoms with Gasteiger partial charge in [-0.25, -0.2) is 4.39 Å². The monoisotopic (exact) mass is 335 g/mol. The molecule has 0 aromatic heterocycles. The van der Waals surface area contributed by atoms with Gasteiger partial charge >= 0.3 is 0 Å². The molecule has 1 fully saturated rings. The van der Waals surface area contributed by atoms with Crippen molar-refractivity contribution in [2.24, 2.45) is 0 Å². The minimum Gasteiger partial charge on any atom is -0.492 e. The molecular weight excluding hydrogens is 321 g/mol. The van der Waals surface area contributed by atoms with E-state index in [1.54, 1.807) is 6.07 Å². The first-order valence-electron chi connectivity index (χ1n) is 5.80. The molecule has 1 heterocycles. The van der Waals surface area contributed by atoms with Gasteiger partial charge in [0.2, 0.25) is 0 Å². The summed E-state index contributed by atoms with van der Waals surface area (Å²) in [7, 11) is -0.647. The van der Waals surface area contributed by atoms with Crippen LogP contribution in [-0.2, 0) is 10.8 Å². The quantitative estimate of drug-likeness (QED) is 0.843. The first-order chi connectivity index (χ1) is 8.63. The van der Waals surface area contributed by atoms with Gasteiger partial charge in [0, 0.05) is 52.5 Å². The number of halogens is 2. The summed E-state index contributed by atoms with van der Waals surface area (Å²) in [5.74, 6) is 1.70. The van der Waals surface area contributed by atoms with Crippen molar-refractivity contribution in [2.45, 2.75) is 0 Å². The normalized spacial score (nSPS) is 17.9. The van der Waals surface area contributed by atoms with Crippen molar-refractivity contribution in [2.75, 3.05) is 37.7 Å². The number of hydrogen-bond acceptors (Lipinski definition) is 3. The van der Waals surface area contributed by atoms with Crippen LogP contribution in [0.5, 0.6) is 5.75 Å². The van der Waals surface area contributed by atoms with Crippen molar-refractivity contribution in [1.82, 2.24) is 4.90 Å². The Morgan fingerprint density at radius 3 is 2.72 bits per heavy atom. The number of nitrogens with zero attached hydrogens (tertiary/aromatic N) is 1. The molecule has 0 atom stereocenters. The van der Waals surface area contributed by atoms with Gasteiger partial charge < -0.3 is 4.74 Å². The summed E-state index contributed by atoms with van der Waals surface area (Å²) in [6, 6.07) is 4.51. The third-order valence-electron chi connectivity index (χ3n) is 2.78. The molecule has 100 valence electrons. The molecule has 1 aliphatic rings. The fraction of sp³-hybridized carbons (Fsp3) is 0.500. The summed E-state index contributed by atoms with van der Waals surface area (Å²) >= 11 is 3.22. The zero-order valence-corrected chi connectivity index (χ0v) is 12.3. The van der Waals surface area contributed by atoms with Gasteiger partial charge in [0.05, 0.1) is 0 Å². The van der Waals surface area contributed by atoms with Crippen LogP contribution in [0.2, 0.25) is 0 Å². The number of rotatable bonds is 4. The predicted molar refractivity (Wildman–Crippen MR) is 73.9 cm³/mol. The van der Waals surface area contributed by atoms with Gasteiger partial charge in [0.15, 0.2) is 0 Å². The van der Waals surface area contributed by atoms with Crippen molar-refractivity contribution in [3.8, 4) is 5.75 Å². The van der Waals surface area contributed by atoms with E-state index in [2.05, 4.69) is 20.8 Å². The van der Waals surface area contributed by atoms with Gasteiger partial charge in [-0.1, -0.05) is 15.9 Å². The van der Waals surface area contributed by atoms with Gasteiger partial charge in [-0.15, -0.1) is 0 Å². The first-order valence-corrected chi connectivity index (χ1v) is 8.08. The molecule has 1 aliphatic heterocycles. The summed E-state index contributed by atoms with van der Waals surface area (Å²) in [5, 5.41) is 0. The molecule has 6 heteroatoms. The van der Waals surface area contributed by atoms with Gasteiger partial charge in [-0.3, -0.25) is 9.11 Å². The lowest BCUT2D eigenvalue weighted by Gasteiger charge is -2.25. The molecule has 18 heavy (non-hydrogen) atoms. The van der Waals surface area contributed by atoms with Gasteiger partial charge in [-0.05, 0) is 12.1 Å². The molecule has 1 saturated heterocycles. The van der Waals surface area contributed by atoms with Crippen LogP contribution in [0.4, 0.5) is 4.39 Å². The molecule has 0 bridgehead atoms. The summed E-state index contributed by atoms with van der Waals surface area (Å²) in [4.78, 5) is 2.22. The van der Waals surface area contributed by atoms with E-state index in [1.807, 2.05) is 0 Å². The molecule has 1 aromatic rings. The Bertz CT molecular complexity index is 414. The van der Waals surface area contributed by atoms with Crippen molar-refractivity contribution in [1.29, 1.82) is 0 Å². The maximum Gasteiger partial charge on any atom is 0.128 e. The maximum atomic E-state index is 13.1. The Morgan fingerprint density at radius 1 is 1.33 bits per heavy atom. The second-order valence-electron chi connectivity index (χ2n) is 4.14. The standard InChI is InChI=1S/C12H15BrFNO2S/c13-10-7-11(14)9-12(8-10)17-4-1-15-2-5-18(16)6-3-15/h7-9H,1-6H2. The third kappa shape index (κ3) is 4.33. The summed E-state index contributed by atoms with van der Waals surface area (Å²) in [6.45, 7) is 3.00. The van der Waals surface area contributed by atoms with Gasteiger partial charge in [0.25, 0.3) is 0 Å². The molecule has 0 saturated carbocycles. The minimum atomic E-state index is -0.647. The zero-order chi connectivity index (χ0) is 13.0. The molecular formula is C12H15BrFNO2S. The first kappa shape index (κ1) is 14.0. The second kappa shape index (κ2) is 6.63. The largest absolute Gasteiger partial charge is 0.492 e. The number of ether oxygens (including phenoxy) is 1. The highest BCUT2D eigenvalue weighted by Crippen LogP contribution is 2.20. The van der Waals surface area contributed by atoms with Crippen molar-refractivity contribution in [3.05, 3.63) is 28.5 Å². The summed E-state index contributed by atoms with van der Waals surface area (Å²) in [5.41, 5.74) is 0. The Morgan fingerprint density at radius 2 is 2.06 bits per heavy atom.